The Hall–Kier alpha value is -4.34. The second kappa shape index (κ2) is 19.2. The summed E-state index contributed by atoms with van der Waals surface area (Å²) in [6, 6.07) is 10.5. The van der Waals surface area contributed by atoms with Gasteiger partial charge in [0.1, 0.15) is 24.1 Å². The Labute approximate surface area is 327 Å². The molecule has 304 valence electrons. The molecule has 0 bridgehead atoms. The molecule has 0 aromatic heterocycles. The molecule has 3 aliphatic carbocycles. The maximum atomic E-state index is 14.4. The number of nitro benzene ring substituents is 1. The lowest BCUT2D eigenvalue weighted by Gasteiger charge is -2.60. The third-order valence-corrected chi connectivity index (χ3v) is 11.5. The third kappa shape index (κ3) is 9.10. The maximum absolute atomic E-state index is 14.4. The zero-order valence-corrected chi connectivity index (χ0v) is 31.9. The number of hydrogen-bond acceptors (Lipinski definition) is 12. The second-order valence-corrected chi connectivity index (χ2v) is 15.1. The van der Waals surface area contributed by atoms with Crippen LogP contribution in [0.4, 0.5) is 5.69 Å². The van der Waals surface area contributed by atoms with E-state index in [0.717, 1.165) is 49.7 Å². The molecule has 6 atom stereocenters. The Kier molecular flexibility index (Phi) is 14.2. The number of aromatic hydroxyl groups is 1. The molecule has 0 radical (unpaired) electrons. The van der Waals surface area contributed by atoms with Gasteiger partial charge in [-0.15, -0.1) is 6.58 Å². The highest BCUT2D eigenvalue weighted by Crippen LogP contribution is 2.62. The number of phenolic OH excluding ortho intramolecular Hbond substituents is 1. The van der Waals surface area contributed by atoms with Crippen LogP contribution in [-0.2, 0) is 25.7 Å². The number of benzene rings is 2. The molecule has 1 heterocycles. The van der Waals surface area contributed by atoms with Gasteiger partial charge in [0.15, 0.2) is 0 Å². The zero-order valence-electron chi connectivity index (χ0n) is 31.9. The average molecular weight is 778 g/mol. The van der Waals surface area contributed by atoms with Crippen LogP contribution in [0.15, 0.2) is 71.9 Å². The van der Waals surface area contributed by atoms with Crippen LogP contribution in [0.25, 0.3) is 0 Å². The number of aliphatic hydroxyl groups is 3. The largest absolute Gasteiger partial charge is 0.508 e. The normalized spacial score (nSPS) is 25.7. The van der Waals surface area contributed by atoms with Crippen molar-refractivity contribution in [1.82, 2.24) is 4.90 Å². The molecule has 4 aliphatic rings. The number of allylic oxidation sites excluding steroid dienone is 1. The van der Waals surface area contributed by atoms with Gasteiger partial charge in [-0.25, -0.2) is 0 Å². The highest BCUT2D eigenvalue weighted by Gasteiger charge is 2.65. The van der Waals surface area contributed by atoms with Crippen LogP contribution in [0.1, 0.15) is 74.8 Å². The van der Waals surface area contributed by atoms with Gasteiger partial charge >= 0.3 is 0 Å². The Morgan fingerprint density at radius 2 is 1.79 bits per heavy atom. The summed E-state index contributed by atoms with van der Waals surface area (Å²) in [5.41, 5.74) is 2.95. The van der Waals surface area contributed by atoms with Gasteiger partial charge in [0.25, 0.3) is 5.69 Å². The number of unbranched alkanes of at least 4 members (excludes halogenated alkanes) is 2. The van der Waals surface area contributed by atoms with Crippen molar-refractivity contribution in [2.24, 2.45) is 28.8 Å². The Morgan fingerprint density at radius 3 is 2.46 bits per heavy atom. The number of nitrogens with zero attached hydrogens (tertiary/aromatic N) is 3. The van der Waals surface area contributed by atoms with E-state index in [2.05, 4.69) is 12.7 Å². The number of carbonyl (C=O) groups excluding carboxylic acids is 1. The third-order valence-electron chi connectivity index (χ3n) is 11.5. The maximum Gasteiger partial charge on any atom is 0.269 e. The Bertz CT molecular complexity index is 1730. The molecule has 2 aromatic rings. The molecule has 0 spiro atoms. The zero-order chi connectivity index (χ0) is 39.7. The summed E-state index contributed by atoms with van der Waals surface area (Å²) >= 11 is 0. The van der Waals surface area contributed by atoms with Crippen molar-refractivity contribution in [3.8, 4) is 11.5 Å². The number of amides is 1. The molecule has 56 heavy (non-hydrogen) atoms. The van der Waals surface area contributed by atoms with Crippen molar-refractivity contribution in [1.29, 1.82) is 0 Å². The number of non-ortho nitro benzene ring substituents is 1. The quantitative estimate of drug-likeness (QED) is 0.0519. The number of oxime groups is 1. The fourth-order valence-corrected chi connectivity index (χ4v) is 8.87. The molecule has 4 N–H and O–H groups in total. The van der Waals surface area contributed by atoms with E-state index in [1.54, 1.807) is 41.3 Å². The monoisotopic (exact) mass is 777 g/mol. The number of carbonyl (C=O) groups is 1. The summed E-state index contributed by atoms with van der Waals surface area (Å²) in [7, 11) is 0. The number of nitro groups is 1. The van der Waals surface area contributed by atoms with E-state index < -0.39 is 22.7 Å². The second-order valence-electron chi connectivity index (χ2n) is 15.1. The minimum absolute atomic E-state index is 0.00616. The number of fused-ring (bicyclic) bond motifs is 2. The van der Waals surface area contributed by atoms with Crippen molar-refractivity contribution in [2.75, 3.05) is 46.2 Å². The van der Waals surface area contributed by atoms with Gasteiger partial charge in [0, 0.05) is 55.7 Å². The summed E-state index contributed by atoms with van der Waals surface area (Å²) in [5.74, 6) is -1.77. The summed E-state index contributed by atoms with van der Waals surface area (Å²) in [5, 5.41) is 56.0. The average Bonchev–Trinajstić information content (AvgIpc) is 4.05. The molecule has 14 heteroatoms. The van der Waals surface area contributed by atoms with E-state index in [-0.39, 0.29) is 100 Å². The van der Waals surface area contributed by atoms with Gasteiger partial charge in [-0.3, -0.25) is 14.9 Å². The van der Waals surface area contributed by atoms with Crippen LogP contribution in [0.3, 0.4) is 0 Å². The van der Waals surface area contributed by atoms with E-state index in [1.807, 2.05) is 0 Å². The van der Waals surface area contributed by atoms with Crippen LogP contribution in [0, 0.1) is 33.8 Å². The minimum Gasteiger partial charge on any atom is -0.508 e. The van der Waals surface area contributed by atoms with Crippen LogP contribution in [-0.4, -0.2) is 99.9 Å². The molecule has 0 saturated heterocycles. The van der Waals surface area contributed by atoms with Crippen molar-refractivity contribution >= 4 is 17.3 Å². The lowest BCUT2D eigenvalue weighted by Crippen LogP contribution is -2.70. The van der Waals surface area contributed by atoms with Crippen LogP contribution in [0.5, 0.6) is 11.5 Å². The van der Waals surface area contributed by atoms with Gasteiger partial charge in [-0.2, -0.15) is 0 Å². The fraction of sp³-hybridized carbons (Fsp3) is 0.571. The molecule has 2 fully saturated rings. The predicted molar refractivity (Wildman–Crippen MR) is 207 cm³/mol. The first-order valence-electron chi connectivity index (χ1n) is 19.9. The number of aliphatic hydroxyl groups excluding tert-OH is 3. The molecule has 6 unspecified atom stereocenters. The van der Waals surface area contributed by atoms with Crippen molar-refractivity contribution in [2.45, 2.75) is 82.1 Å². The van der Waals surface area contributed by atoms with E-state index in [4.69, 9.17) is 24.2 Å². The highest BCUT2D eigenvalue weighted by molar-refractivity contribution is 6.03. The highest BCUT2D eigenvalue weighted by atomic mass is 16.7. The lowest BCUT2D eigenvalue weighted by molar-refractivity contribution is -0.384. The van der Waals surface area contributed by atoms with E-state index >= 15 is 0 Å². The Morgan fingerprint density at radius 1 is 1.04 bits per heavy atom. The first-order chi connectivity index (χ1) is 27.3. The first-order valence-corrected chi connectivity index (χ1v) is 19.9. The van der Waals surface area contributed by atoms with E-state index in [1.165, 1.54) is 12.1 Å². The number of hydrogen-bond donors (Lipinski definition) is 4. The van der Waals surface area contributed by atoms with Crippen LogP contribution < -0.4 is 4.74 Å². The molecular weight excluding hydrogens is 722 g/mol. The summed E-state index contributed by atoms with van der Waals surface area (Å²) in [6.07, 6.45) is 9.99. The minimum atomic E-state index is -1.43. The number of rotatable bonds is 22. The van der Waals surface area contributed by atoms with Crippen molar-refractivity contribution in [3.05, 3.63) is 88.0 Å². The standard InChI is InChI=1S/C42H55N3O11/c1-2-21-54-42-38(44(17-22-53-23-20-48)41(50)29-11-12-29)26-36(43-55-27-28-9-13-31(14-10-28)45(51)52)34-24-30(7-3-5-18-46)33(8-4-6-19-47)39(40(34)42)35-25-32(49)15-16-37(35)56-42/h2,9-10,13-16,24-25,29-30,33,38-40,46-49H,1,3-8,11-12,17-23,26-27H2. The summed E-state index contributed by atoms with van der Waals surface area (Å²) < 4.78 is 19.8. The van der Waals surface area contributed by atoms with Crippen LogP contribution >= 0.6 is 0 Å². The van der Waals surface area contributed by atoms with E-state index in [0.29, 0.717) is 29.9 Å². The van der Waals surface area contributed by atoms with Gasteiger partial charge < -0.3 is 44.4 Å². The van der Waals surface area contributed by atoms with Gasteiger partial charge in [-0.1, -0.05) is 30.1 Å². The van der Waals surface area contributed by atoms with Crippen molar-refractivity contribution < 1.29 is 49.2 Å². The van der Waals surface area contributed by atoms with Gasteiger partial charge in [-0.05, 0) is 91.8 Å². The molecule has 1 aliphatic heterocycles. The molecule has 14 nitrogen and oxygen atoms in total. The fourth-order valence-electron chi connectivity index (χ4n) is 8.87. The van der Waals surface area contributed by atoms with Crippen molar-refractivity contribution in [3.63, 3.8) is 0 Å². The van der Waals surface area contributed by atoms with Crippen LogP contribution in [0.2, 0.25) is 0 Å². The molecule has 2 saturated carbocycles. The topological polar surface area (TPSA) is 194 Å². The van der Waals surface area contributed by atoms with Gasteiger partial charge in [0.05, 0.1) is 43.0 Å². The molecular formula is C42H55N3O11. The van der Waals surface area contributed by atoms with Gasteiger partial charge in [0.2, 0.25) is 11.7 Å². The first kappa shape index (κ1) is 41.3. The summed E-state index contributed by atoms with van der Waals surface area (Å²) in [6.45, 7) is 4.61. The predicted octanol–water partition coefficient (Wildman–Crippen LogP) is 5.38. The van der Waals surface area contributed by atoms with E-state index in [9.17, 15) is 35.3 Å². The smallest absolute Gasteiger partial charge is 0.269 e. The molecule has 2 aromatic carbocycles. The lowest BCUT2D eigenvalue weighted by atomic mass is 9.55. The number of phenols is 1. The Balaban J connectivity index is 1.52. The SMILES string of the molecule is C=CCOC12Oc3ccc(O)cc3C3C(CCCCO)C(CCCCO)C=C(C(=NOCc4ccc([N+](=O)[O-])cc4)CC1N(CCOCCO)C(=O)C1CC1)C32. The molecule has 1 amide bonds. The molecule has 6 rings (SSSR count). The summed E-state index contributed by atoms with van der Waals surface area (Å²) in [4.78, 5) is 33.1. The number of ether oxygens (including phenoxy) is 3.